The summed E-state index contributed by atoms with van der Waals surface area (Å²) in [5.74, 6) is -3.89. The summed E-state index contributed by atoms with van der Waals surface area (Å²) < 4.78 is 12.0. The predicted molar refractivity (Wildman–Crippen MR) is 124 cm³/mol. The molecule has 0 bridgehead atoms. The number of hydrogen-bond donors (Lipinski definition) is 1. The highest BCUT2D eigenvalue weighted by Crippen LogP contribution is 2.65. The summed E-state index contributed by atoms with van der Waals surface area (Å²) in [6, 6.07) is 21.1. The first-order chi connectivity index (χ1) is 15.3. The number of aliphatic hydroxyl groups is 1. The smallest absolute Gasteiger partial charge is 0.315 e. The number of rotatable bonds is 3. The number of ether oxygens (including phenoxy) is 2. The Morgan fingerprint density at radius 3 is 2.16 bits per heavy atom. The highest BCUT2D eigenvalue weighted by atomic mass is 35.5. The molecule has 3 aromatic carbocycles. The number of carbonyl (C=O) groups is 1. The molecule has 164 valence electrons. The van der Waals surface area contributed by atoms with E-state index in [1.54, 1.807) is 19.1 Å². The van der Waals surface area contributed by atoms with Crippen molar-refractivity contribution in [3.05, 3.63) is 93.5 Å². The van der Waals surface area contributed by atoms with E-state index < -0.39 is 29.2 Å². The zero-order valence-electron chi connectivity index (χ0n) is 17.6. The van der Waals surface area contributed by atoms with Crippen molar-refractivity contribution in [1.29, 1.82) is 0 Å². The molecular weight excluding hydrogens is 447 g/mol. The Labute approximate surface area is 196 Å². The van der Waals surface area contributed by atoms with Crippen molar-refractivity contribution in [3.63, 3.8) is 0 Å². The summed E-state index contributed by atoms with van der Waals surface area (Å²) >= 11 is 12.6. The number of halogens is 2. The van der Waals surface area contributed by atoms with Crippen molar-refractivity contribution in [2.45, 2.75) is 31.2 Å². The molecule has 1 saturated heterocycles. The summed E-state index contributed by atoms with van der Waals surface area (Å²) in [7, 11) is 0. The lowest BCUT2D eigenvalue weighted by molar-refractivity contribution is -0.223. The van der Waals surface area contributed by atoms with E-state index in [0.29, 0.717) is 10.0 Å². The summed E-state index contributed by atoms with van der Waals surface area (Å²) in [6.45, 7) is 3.46. The van der Waals surface area contributed by atoms with Crippen molar-refractivity contribution in [2.24, 2.45) is 5.92 Å². The first-order valence-corrected chi connectivity index (χ1v) is 11.3. The van der Waals surface area contributed by atoms with Gasteiger partial charge in [-0.05, 0) is 53.8 Å². The third kappa shape index (κ3) is 2.94. The van der Waals surface area contributed by atoms with Crippen LogP contribution in [0.3, 0.4) is 0 Å². The molecule has 1 fully saturated rings. The third-order valence-electron chi connectivity index (χ3n) is 6.50. The van der Waals surface area contributed by atoms with Gasteiger partial charge in [-0.25, -0.2) is 0 Å². The maximum atomic E-state index is 13.2. The third-order valence-corrected chi connectivity index (χ3v) is 7.24. The van der Waals surface area contributed by atoms with Gasteiger partial charge in [-0.15, -0.1) is 0 Å². The minimum absolute atomic E-state index is 0.194. The number of carbonyl (C=O) groups excluding carboxylic acids is 1. The van der Waals surface area contributed by atoms with Crippen molar-refractivity contribution in [2.75, 3.05) is 6.61 Å². The van der Waals surface area contributed by atoms with Gasteiger partial charge in [0.05, 0.1) is 16.7 Å². The average molecular weight is 469 g/mol. The maximum absolute atomic E-state index is 13.2. The average Bonchev–Trinajstić information content (AvgIpc) is 3.19. The Kier molecular flexibility index (Phi) is 5.10. The van der Waals surface area contributed by atoms with Crippen molar-refractivity contribution in [1.82, 2.24) is 0 Å². The molecule has 1 aliphatic carbocycles. The van der Waals surface area contributed by atoms with Gasteiger partial charge >= 0.3 is 5.97 Å². The number of fused-ring (bicyclic) bond motifs is 5. The normalized spacial score (nSPS) is 24.9. The molecule has 2 aliphatic rings. The van der Waals surface area contributed by atoms with Crippen LogP contribution in [0.25, 0.3) is 11.1 Å². The second kappa shape index (κ2) is 7.60. The molecule has 0 aromatic heterocycles. The fraction of sp³-hybridized carbons (Fsp3) is 0.269. The Hall–Kier alpha value is -2.37. The molecule has 4 nitrogen and oxygen atoms in total. The lowest BCUT2D eigenvalue weighted by Crippen LogP contribution is -2.39. The van der Waals surface area contributed by atoms with Crippen LogP contribution in [0, 0.1) is 5.92 Å². The standard InChI is InChI=1S/C26H22Cl2O4/c1-3-31-24(29)23-22(15-12-13-20(27)21(28)14-15)26(32-25(23,2)30)18-10-6-4-8-16(18)17-9-5-7-11-19(17)26/h4-14,22-23,30H,3H2,1-2H3/t22-,23+,25+/m0/s1. The van der Waals surface area contributed by atoms with Gasteiger partial charge in [0.1, 0.15) is 11.5 Å². The van der Waals surface area contributed by atoms with Crippen LogP contribution in [0.15, 0.2) is 66.7 Å². The van der Waals surface area contributed by atoms with Crippen LogP contribution >= 0.6 is 23.2 Å². The second-order valence-corrected chi connectivity index (χ2v) is 9.18. The lowest BCUT2D eigenvalue weighted by Gasteiger charge is -2.34. The van der Waals surface area contributed by atoms with E-state index in [2.05, 4.69) is 0 Å². The molecule has 32 heavy (non-hydrogen) atoms. The fourth-order valence-corrected chi connectivity index (χ4v) is 5.70. The van der Waals surface area contributed by atoms with Gasteiger partial charge in [0.2, 0.25) is 0 Å². The summed E-state index contributed by atoms with van der Waals surface area (Å²) in [4.78, 5) is 13.2. The van der Waals surface area contributed by atoms with E-state index in [4.69, 9.17) is 32.7 Å². The van der Waals surface area contributed by atoms with Gasteiger partial charge in [0.25, 0.3) is 0 Å². The van der Waals surface area contributed by atoms with Crippen LogP contribution in [0.1, 0.15) is 36.5 Å². The first kappa shape index (κ1) is 21.5. The van der Waals surface area contributed by atoms with Crippen LogP contribution in [0.5, 0.6) is 0 Å². The number of esters is 1. The highest BCUT2D eigenvalue weighted by Gasteiger charge is 2.67. The largest absolute Gasteiger partial charge is 0.466 e. The monoisotopic (exact) mass is 468 g/mol. The molecule has 0 amide bonds. The highest BCUT2D eigenvalue weighted by molar-refractivity contribution is 6.42. The zero-order chi connectivity index (χ0) is 22.7. The van der Waals surface area contributed by atoms with Crippen molar-refractivity contribution >= 4 is 29.2 Å². The quantitative estimate of drug-likeness (QED) is 0.484. The molecule has 0 radical (unpaired) electrons. The first-order valence-electron chi connectivity index (χ1n) is 10.5. The molecule has 3 aromatic rings. The minimum atomic E-state index is -1.78. The Morgan fingerprint density at radius 1 is 1.00 bits per heavy atom. The Bertz CT molecular complexity index is 1170. The van der Waals surface area contributed by atoms with Crippen molar-refractivity contribution < 1.29 is 19.4 Å². The second-order valence-electron chi connectivity index (χ2n) is 8.36. The number of hydrogen-bond acceptors (Lipinski definition) is 4. The van der Waals surface area contributed by atoms with E-state index >= 15 is 0 Å². The minimum Gasteiger partial charge on any atom is -0.466 e. The van der Waals surface area contributed by atoms with Gasteiger partial charge in [0.15, 0.2) is 5.79 Å². The molecule has 0 saturated carbocycles. The van der Waals surface area contributed by atoms with Gasteiger partial charge in [-0.1, -0.05) is 77.8 Å². The zero-order valence-corrected chi connectivity index (χ0v) is 19.2. The van der Waals surface area contributed by atoms with Gasteiger partial charge in [-0.2, -0.15) is 0 Å². The molecular formula is C26H22Cl2O4. The molecule has 1 aliphatic heterocycles. The fourth-order valence-electron chi connectivity index (χ4n) is 5.39. The van der Waals surface area contributed by atoms with E-state index in [-0.39, 0.29) is 6.61 Å². The van der Waals surface area contributed by atoms with Crippen molar-refractivity contribution in [3.8, 4) is 11.1 Å². The maximum Gasteiger partial charge on any atom is 0.315 e. The molecule has 3 atom stereocenters. The van der Waals surface area contributed by atoms with E-state index in [9.17, 15) is 9.90 Å². The summed E-state index contributed by atoms with van der Waals surface area (Å²) in [5.41, 5.74) is 3.43. The van der Waals surface area contributed by atoms with Crippen LogP contribution in [-0.2, 0) is 19.9 Å². The molecule has 0 unspecified atom stereocenters. The van der Waals surface area contributed by atoms with E-state index in [1.807, 2.05) is 54.6 Å². The van der Waals surface area contributed by atoms with Gasteiger partial charge < -0.3 is 14.6 Å². The molecule has 5 rings (SSSR count). The van der Waals surface area contributed by atoms with Crippen LogP contribution < -0.4 is 0 Å². The molecule has 1 heterocycles. The predicted octanol–water partition coefficient (Wildman–Crippen LogP) is 5.92. The molecule has 1 N–H and O–H groups in total. The van der Waals surface area contributed by atoms with Crippen LogP contribution in [0.2, 0.25) is 10.0 Å². The number of benzene rings is 3. The van der Waals surface area contributed by atoms with Crippen LogP contribution in [0.4, 0.5) is 0 Å². The molecule has 6 heteroatoms. The van der Waals surface area contributed by atoms with Crippen LogP contribution in [-0.4, -0.2) is 23.5 Å². The summed E-state index contributed by atoms with van der Waals surface area (Å²) in [5, 5.41) is 12.3. The summed E-state index contributed by atoms with van der Waals surface area (Å²) in [6.07, 6.45) is 0. The lowest BCUT2D eigenvalue weighted by atomic mass is 9.70. The van der Waals surface area contributed by atoms with Gasteiger partial charge in [-0.3, -0.25) is 4.79 Å². The topological polar surface area (TPSA) is 55.8 Å². The SMILES string of the molecule is CCOC(=O)[C@H]1[C@H](c2ccc(Cl)c(Cl)c2)C2(O[C@@]1(C)O)c1ccccc1-c1ccccc12. The Balaban J connectivity index is 1.85. The Morgan fingerprint density at radius 2 is 1.59 bits per heavy atom. The van der Waals surface area contributed by atoms with Gasteiger partial charge in [0, 0.05) is 5.92 Å². The van der Waals surface area contributed by atoms with E-state index in [1.165, 1.54) is 6.92 Å². The van der Waals surface area contributed by atoms with E-state index in [0.717, 1.165) is 27.8 Å². The molecule has 1 spiro atoms.